The molecule has 0 radical (unpaired) electrons. The standard InChI is InChI=1S/C15H13F3N2O/c1-8-3-4-10(13(5-8)19-2)15(21)20-14-11(17)6-9(16)7-12(14)18/h3-7,19H,1-2H3,(H,20,21). The summed E-state index contributed by atoms with van der Waals surface area (Å²) in [5, 5.41) is 4.95. The van der Waals surface area contributed by atoms with Crippen LogP contribution in [-0.2, 0) is 0 Å². The topological polar surface area (TPSA) is 41.1 Å². The molecule has 0 fully saturated rings. The molecule has 0 aliphatic heterocycles. The van der Waals surface area contributed by atoms with Gasteiger partial charge in [0.25, 0.3) is 5.91 Å². The van der Waals surface area contributed by atoms with Crippen molar-refractivity contribution < 1.29 is 18.0 Å². The summed E-state index contributed by atoms with van der Waals surface area (Å²) in [6.45, 7) is 1.85. The maximum atomic E-state index is 13.5. The molecule has 2 N–H and O–H groups in total. The fraction of sp³-hybridized carbons (Fsp3) is 0.133. The van der Waals surface area contributed by atoms with Crippen LogP contribution in [0.4, 0.5) is 24.5 Å². The lowest BCUT2D eigenvalue weighted by Crippen LogP contribution is -2.16. The predicted molar refractivity (Wildman–Crippen MR) is 75.0 cm³/mol. The SMILES string of the molecule is CNc1cc(C)ccc1C(=O)Nc1c(F)cc(F)cc1F. The second-order valence-electron chi connectivity index (χ2n) is 4.50. The van der Waals surface area contributed by atoms with E-state index in [0.29, 0.717) is 17.8 Å². The van der Waals surface area contributed by atoms with Gasteiger partial charge in [0.05, 0.1) is 5.56 Å². The number of hydrogen-bond donors (Lipinski definition) is 2. The van der Waals surface area contributed by atoms with Gasteiger partial charge in [-0.15, -0.1) is 0 Å². The third-order valence-electron chi connectivity index (χ3n) is 2.93. The van der Waals surface area contributed by atoms with E-state index in [1.54, 1.807) is 19.2 Å². The third kappa shape index (κ3) is 3.16. The molecule has 0 atom stereocenters. The van der Waals surface area contributed by atoms with E-state index in [1.807, 2.05) is 6.92 Å². The van der Waals surface area contributed by atoms with Crippen molar-refractivity contribution in [3.63, 3.8) is 0 Å². The van der Waals surface area contributed by atoms with E-state index in [2.05, 4.69) is 10.6 Å². The molecule has 2 aromatic rings. The van der Waals surface area contributed by atoms with Crippen LogP contribution >= 0.6 is 0 Å². The average Bonchev–Trinajstić information content (AvgIpc) is 2.42. The molecule has 0 bridgehead atoms. The average molecular weight is 294 g/mol. The monoisotopic (exact) mass is 294 g/mol. The Hall–Kier alpha value is -2.50. The molecule has 21 heavy (non-hydrogen) atoms. The van der Waals surface area contributed by atoms with Crippen molar-refractivity contribution in [3.05, 3.63) is 58.9 Å². The van der Waals surface area contributed by atoms with Gasteiger partial charge in [-0.1, -0.05) is 6.07 Å². The highest BCUT2D eigenvalue weighted by Gasteiger charge is 2.17. The Morgan fingerprint density at radius 3 is 2.24 bits per heavy atom. The molecule has 6 heteroatoms. The number of benzene rings is 2. The quantitative estimate of drug-likeness (QED) is 0.906. The summed E-state index contributed by atoms with van der Waals surface area (Å²) in [4.78, 5) is 12.1. The van der Waals surface area contributed by atoms with Crippen molar-refractivity contribution in [2.24, 2.45) is 0 Å². The Kier molecular flexibility index (Phi) is 4.16. The van der Waals surface area contributed by atoms with Crippen molar-refractivity contribution in [2.75, 3.05) is 17.7 Å². The van der Waals surface area contributed by atoms with Gasteiger partial charge in [-0.05, 0) is 24.6 Å². The van der Waals surface area contributed by atoms with Crippen molar-refractivity contribution >= 4 is 17.3 Å². The Labute approximate surface area is 119 Å². The van der Waals surface area contributed by atoms with Gasteiger partial charge in [0, 0.05) is 24.9 Å². The van der Waals surface area contributed by atoms with Crippen LogP contribution in [0.3, 0.4) is 0 Å². The van der Waals surface area contributed by atoms with E-state index >= 15 is 0 Å². The van der Waals surface area contributed by atoms with Crippen LogP contribution in [0.5, 0.6) is 0 Å². The van der Waals surface area contributed by atoms with Crippen molar-refractivity contribution in [1.82, 2.24) is 0 Å². The molecule has 0 aliphatic carbocycles. The number of aryl methyl sites for hydroxylation is 1. The molecule has 3 nitrogen and oxygen atoms in total. The summed E-state index contributed by atoms with van der Waals surface area (Å²) >= 11 is 0. The highest BCUT2D eigenvalue weighted by molar-refractivity contribution is 6.08. The smallest absolute Gasteiger partial charge is 0.257 e. The molecule has 0 saturated heterocycles. The fourth-order valence-electron chi connectivity index (χ4n) is 1.91. The lowest BCUT2D eigenvalue weighted by molar-refractivity contribution is 0.102. The number of nitrogens with one attached hydrogen (secondary N) is 2. The second kappa shape index (κ2) is 5.87. The van der Waals surface area contributed by atoms with Crippen LogP contribution in [0.2, 0.25) is 0 Å². The molecule has 0 saturated carbocycles. The van der Waals surface area contributed by atoms with Crippen LogP contribution in [0, 0.1) is 24.4 Å². The van der Waals surface area contributed by atoms with Crippen molar-refractivity contribution in [1.29, 1.82) is 0 Å². The maximum absolute atomic E-state index is 13.5. The van der Waals surface area contributed by atoms with E-state index in [-0.39, 0.29) is 5.56 Å². The minimum Gasteiger partial charge on any atom is -0.387 e. The zero-order valence-corrected chi connectivity index (χ0v) is 11.4. The van der Waals surface area contributed by atoms with Gasteiger partial charge in [-0.3, -0.25) is 4.79 Å². The Morgan fingerprint density at radius 1 is 1.05 bits per heavy atom. The van der Waals surface area contributed by atoms with Gasteiger partial charge in [0.1, 0.15) is 11.5 Å². The fourth-order valence-corrected chi connectivity index (χ4v) is 1.91. The first-order valence-electron chi connectivity index (χ1n) is 6.16. The molecular weight excluding hydrogens is 281 g/mol. The maximum Gasteiger partial charge on any atom is 0.257 e. The number of rotatable bonds is 3. The van der Waals surface area contributed by atoms with Gasteiger partial charge >= 0.3 is 0 Å². The number of carbonyl (C=O) groups is 1. The van der Waals surface area contributed by atoms with Crippen LogP contribution < -0.4 is 10.6 Å². The summed E-state index contributed by atoms with van der Waals surface area (Å²) in [6.07, 6.45) is 0. The van der Waals surface area contributed by atoms with Gasteiger partial charge in [-0.2, -0.15) is 0 Å². The van der Waals surface area contributed by atoms with Crippen LogP contribution in [0.1, 0.15) is 15.9 Å². The number of hydrogen-bond acceptors (Lipinski definition) is 2. The first-order valence-corrected chi connectivity index (χ1v) is 6.16. The van der Waals surface area contributed by atoms with Gasteiger partial charge in [0.2, 0.25) is 0 Å². The second-order valence-corrected chi connectivity index (χ2v) is 4.50. The van der Waals surface area contributed by atoms with E-state index in [9.17, 15) is 18.0 Å². The van der Waals surface area contributed by atoms with Crippen LogP contribution in [-0.4, -0.2) is 13.0 Å². The summed E-state index contributed by atoms with van der Waals surface area (Å²) in [5.41, 5.74) is 1.00. The third-order valence-corrected chi connectivity index (χ3v) is 2.93. The Morgan fingerprint density at radius 2 is 1.67 bits per heavy atom. The van der Waals surface area contributed by atoms with Crippen LogP contribution in [0.25, 0.3) is 0 Å². The van der Waals surface area contributed by atoms with Crippen molar-refractivity contribution in [2.45, 2.75) is 6.92 Å². The molecule has 0 aromatic heterocycles. The molecule has 0 spiro atoms. The summed E-state index contributed by atoms with van der Waals surface area (Å²) in [5.74, 6) is -4.07. The number of amides is 1. The molecular formula is C15H13F3N2O. The van der Waals surface area contributed by atoms with E-state index in [1.165, 1.54) is 6.07 Å². The van der Waals surface area contributed by atoms with Crippen LogP contribution in [0.15, 0.2) is 30.3 Å². The predicted octanol–water partition coefficient (Wildman–Crippen LogP) is 3.71. The molecule has 110 valence electrons. The minimum absolute atomic E-state index is 0.228. The number of anilines is 2. The zero-order valence-electron chi connectivity index (χ0n) is 11.4. The Bertz CT molecular complexity index is 678. The molecule has 2 rings (SSSR count). The molecule has 2 aromatic carbocycles. The number of carbonyl (C=O) groups excluding carboxylic acids is 1. The van der Waals surface area contributed by atoms with E-state index < -0.39 is 29.0 Å². The van der Waals surface area contributed by atoms with E-state index in [4.69, 9.17) is 0 Å². The van der Waals surface area contributed by atoms with Gasteiger partial charge in [-0.25, -0.2) is 13.2 Å². The molecule has 0 aliphatic rings. The first-order chi connectivity index (χ1) is 9.92. The van der Waals surface area contributed by atoms with Crippen molar-refractivity contribution in [3.8, 4) is 0 Å². The highest BCUT2D eigenvalue weighted by Crippen LogP contribution is 2.23. The normalized spacial score (nSPS) is 10.3. The molecule has 0 unspecified atom stereocenters. The largest absolute Gasteiger partial charge is 0.387 e. The van der Waals surface area contributed by atoms with Gasteiger partial charge < -0.3 is 10.6 Å². The zero-order chi connectivity index (χ0) is 15.6. The van der Waals surface area contributed by atoms with Gasteiger partial charge in [0.15, 0.2) is 11.6 Å². The number of halogens is 3. The lowest BCUT2D eigenvalue weighted by Gasteiger charge is -2.12. The summed E-state index contributed by atoms with van der Waals surface area (Å²) in [7, 11) is 1.63. The first kappa shape index (κ1) is 14.9. The Balaban J connectivity index is 2.35. The summed E-state index contributed by atoms with van der Waals surface area (Å²) < 4.78 is 39.9. The minimum atomic E-state index is -1.17. The molecule has 0 heterocycles. The lowest BCUT2D eigenvalue weighted by atomic mass is 10.1. The summed E-state index contributed by atoms with van der Waals surface area (Å²) in [6, 6.07) is 5.98. The highest BCUT2D eigenvalue weighted by atomic mass is 19.1. The van der Waals surface area contributed by atoms with E-state index in [0.717, 1.165) is 5.56 Å². The molecule has 1 amide bonds.